The van der Waals surface area contributed by atoms with Crippen LogP contribution in [0.2, 0.25) is 0 Å². The topological polar surface area (TPSA) is 15.3 Å². The Hall–Kier alpha value is -0.0800. The van der Waals surface area contributed by atoms with Crippen molar-refractivity contribution in [3.05, 3.63) is 0 Å². The average Bonchev–Trinajstić information content (AvgIpc) is 3.06. The van der Waals surface area contributed by atoms with E-state index >= 15 is 0 Å². The molecule has 106 valence electrons. The average molecular weight is 252 g/mol. The standard InChI is InChI=1S/C16H32N2/c1-5-16(4,11-17-14-8-9-14)12-18-10-6-7-15(18)13(2)3/h13-15,17H,5-12H2,1-4H3. The van der Waals surface area contributed by atoms with Crippen molar-refractivity contribution in [1.29, 1.82) is 0 Å². The summed E-state index contributed by atoms with van der Waals surface area (Å²) in [6.07, 6.45) is 6.90. The lowest BCUT2D eigenvalue weighted by molar-refractivity contribution is 0.122. The molecule has 1 aliphatic heterocycles. The zero-order valence-corrected chi connectivity index (χ0v) is 12.8. The van der Waals surface area contributed by atoms with Crippen molar-refractivity contribution in [1.82, 2.24) is 10.2 Å². The summed E-state index contributed by atoms with van der Waals surface area (Å²) in [4.78, 5) is 2.77. The highest BCUT2D eigenvalue weighted by Gasteiger charge is 2.34. The van der Waals surface area contributed by atoms with Crippen LogP contribution in [0.5, 0.6) is 0 Å². The molecule has 1 N–H and O–H groups in total. The highest BCUT2D eigenvalue weighted by Crippen LogP contribution is 2.31. The summed E-state index contributed by atoms with van der Waals surface area (Å²) in [5.74, 6) is 0.810. The van der Waals surface area contributed by atoms with Gasteiger partial charge in [-0.15, -0.1) is 0 Å². The smallest absolute Gasteiger partial charge is 0.0119 e. The van der Waals surface area contributed by atoms with Crippen LogP contribution in [0, 0.1) is 11.3 Å². The van der Waals surface area contributed by atoms with Crippen LogP contribution in [0.3, 0.4) is 0 Å². The Kier molecular flexibility index (Phi) is 4.71. The first-order valence-electron chi connectivity index (χ1n) is 8.01. The van der Waals surface area contributed by atoms with E-state index in [0.717, 1.165) is 18.0 Å². The molecule has 0 aromatic carbocycles. The third-order valence-corrected chi connectivity index (χ3v) is 5.02. The van der Waals surface area contributed by atoms with Gasteiger partial charge in [-0.05, 0) is 50.0 Å². The fraction of sp³-hybridized carbons (Fsp3) is 1.00. The van der Waals surface area contributed by atoms with Crippen molar-refractivity contribution >= 4 is 0 Å². The van der Waals surface area contributed by atoms with E-state index in [2.05, 4.69) is 37.9 Å². The number of likely N-dealkylation sites (tertiary alicyclic amines) is 1. The molecule has 2 nitrogen and oxygen atoms in total. The first-order chi connectivity index (χ1) is 8.54. The van der Waals surface area contributed by atoms with Gasteiger partial charge < -0.3 is 5.32 Å². The van der Waals surface area contributed by atoms with Crippen molar-refractivity contribution in [2.24, 2.45) is 11.3 Å². The molecule has 1 aliphatic carbocycles. The van der Waals surface area contributed by atoms with Crippen molar-refractivity contribution in [2.45, 2.75) is 71.9 Å². The van der Waals surface area contributed by atoms with E-state index in [1.165, 1.54) is 51.7 Å². The van der Waals surface area contributed by atoms with Gasteiger partial charge in [-0.3, -0.25) is 4.90 Å². The second-order valence-electron chi connectivity index (χ2n) is 7.24. The van der Waals surface area contributed by atoms with Gasteiger partial charge in [-0.25, -0.2) is 0 Å². The summed E-state index contributed by atoms with van der Waals surface area (Å²) in [6, 6.07) is 1.67. The van der Waals surface area contributed by atoms with Crippen LogP contribution >= 0.6 is 0 Å². The Morgan fingerprint density at radius 2 is 2.00 bits per heavy atom. The molecule has 2 unspecified atom stereocenters. The number of hydrogen-bond acceptors (Lipinski definition) is 2. The normalized spacial score (nSPS) is 28.8. The van der Waals surface area contributed by atoms with Gasteiger partial charge in [0.2, 0.25) is 0 Å². The SMILES string of the molecule is CCC(C)(CNC1CC1)CN1CCCC1C(C)C. The summed E-state index contributed by atoms with van der Waals surface area (Å²) in [7, 11) is 0. The number of nitrogens with one attached hydrogen (secondary N) is 1. The van der Waals surface area contributed by atoms with E-state index in [1.54, 1.807) is 0 Å². The maximum Gasteiger partial charge on any atom is 0.0119 e. The van der Waals surface area contributed by atoms with Crippen molar-refractivity contribution < 1.29 is 0 Å². The van der Waals surface area contributed by atoms with Crippen molar-refractivity contribution in [2.75, 3.05) is 19.6 Å². The molecule has 1 saturated carbocycles. The highest BCUT2D eigenvalue weighted by atomic mass is 15.2. The van der Waals surface area contributed by atoms with E-state index in [-0.39, 0.29) is 0 Å². The van der Waals surface area contributed by atoms with Gasteiger partial charge in [0.1, 0.15) is 0 Å². The van der Waals surface area contributed by atoms with Crippen LogP contribution in [-0.4, -0.2) is 36.6 Å². The molecule has 1 heterocycles. The molecular formula is C16H32N2. The van der Waals surface area contributed by atoms with E-state index in [0.29, 0.717) is 5.41 Å². The Morgan fingerprint density at radius 3 is 2.56 bits per heavy atom. The van der Waals surface area contributed by atoms with Crippen LogP contribution in [-0.2, 0) is 0 Å². The zero-order chi connectivity index (χ0) is 13.2. The molecule has 0 radical (unpaired) electrons. The lowest BCUT2D eigenvalue weighted by Gasteiger charge is -2.37. The molecule has 2 fully saturated rings. The monoisotopic (exact) mass is 252 g/mol. The Labute approximate surface area is 114 Å². The zero-order valence-electron chi connectivity index (χ0n) is 12.8. The molecule has 2 atom stereocenters. The molecule has 0 aromatic heterocycles. The highest BCUT2D eigenvalue weighted by molar-refractivity contribution is 4.90. The summed E-state index contributed by atoms with van der Waals surface area (Å²) >= 11 is 0. The summed E-state index contributed by atoms with van der Waals surface area (Å²) in [5, 5.41) is 3.74. The minimum absolute atomic E-state index is 0.458. The third kappa shape index (κ3) is 3.71. The Balaban J connectivity index is 1.86. The molecular weight excluding hydrogens is 220 g/mol. The van der Waals surface area contributed by atoms with Crippen LogP contribution < -0.4 is 5.32 Å². The van der Waals surface area contributed by atoms with Gasteiger partial charge in [0.05, 0.1) is 0 Å². The fourth-order valence-electron chi connectivity index (χ4n) is 3.26. The first-order valence-corrected chi connectivity index (χ1v) is 8.01. The molecule has 0 spiro atoms. The maximum atomic E-state index is 3.74. The predicted octanol–water partition coefficient (Wildman–Crippen LogP) is 3.28. The molecule has 0 aromatic rings. The Bertz CT molecular complexity index is 260. The summed E-state index contributed by atoms with van der Waals surface area (Å²) in [5.41, 5.74) is 0.458. The van der Waals surface area contributed by atoms with Gasteiger partial charge in [0.15, 0.2) is 0 Å². The lowest BCUT2D eigenvalue weighted by Crippen LogP contribution is -2.45. The largest absolute Gasteiger partial charge is 0.313 e. The van der Waals surface area contributed by atoms with Gasteiger partial charge in [0, 0.05) is 25.2 Å². The second kappa shape index (κ2) is 5.92. The quantitative estimate of drug-likeness (QED) is 0.748. The number of rotatable bonds is 7. The van der Waals surface area contributed by atoms with E-state index in [9.17, 15) is 0 Å². The van der Waals surface area contributed by atoms with E-state index in [1.807, 2.05) is 0 Å². The van der Waals surface area contributed by atoms with Gasteiger partial charge in [-0.2, -0.15) is 0 Å². The third-order valence-electron chi connectivity index (χ3n) is 5.02. The number of hydrogen-bond donors (Lipinski definition) is 1. The maximum absolute atomic E-state index is 3.74. The van der Waals surface area contributed by atoms with Gasteiger partial charge in [0.25, 0.3) is 0 Å². The van der Waals surface area contributed by atoms with E-state index < -0.39 is 0 Å². The second-order valence-corrected chi connectivity index (χ2v) is 7.24. The molecule has 18 heavy (non-hydrogen) atoms. The van der Waals surface area contributed by atoms with Crippen molar-refractivity contribution in [3.63, 3.8) is 0 Å². The van der Waals surface area contributed by atoms with Crippen LogP contribution in [0.25, 0.3) is 0 Å². The minimum Gasteiger partial charge on any atom is -0.313 e. The lowest BCUT2D eigenvalue weighted by atomic mass is 9.86. The van der Waals surface area contributed by atoms with Gasteiger partial charge in [-0.1, -0.05) is 27.7 Å². The molecule has 0 amide bonds. The molecule has 1 saturated heterocycles. The van der Waals surface area contributed by atoms with Crippen LogP contribution in [0.15, 0.2) is 0 Å². The molecule has 0 bridgehead atoms. The predicted molar refractivity (Wildman–Crippen MR) is 78.9 cm³/mol. The van der Waals surface area contributed by atoms with Crippen molar-refractivity contribution in [3.8, 4) is 0 Å². The Morgan fingerprint density at radius 1 is 1.28 bits per heavy atom. The summed E-state index contributed by atoms with van der Waals surface area (Å²) < 4.78 is 0. The summed E-state index contributed by atoms with van der Waals surface area (Å²) in [6.45, 7) is 13.4. The molecule has 2 rings (SSSR count). The fourth-order valence-corrected chi connectivity index (χ4v) is 3.26. The minimum atomic E-state index is 0.458. The molecule has 2 aliphatic rings. The van der Waals surface area contributed by atoms with E-state index in [4.69, 9.17) is 0 Å². The van der Waals surface area contributed by atoms with Crippen LogP contribution in [0.4, 0.5) is 0 Å². The van der Waals surface area contributed by atoms with Crippen LogP contribution in [0.1, 0.15) is 59.8 Å². The first kappa shape index (κ1) is 14.3. The number of nitrogens with zero attached hydrogens (tertiary/aromatic N) is 1. The van der Waals surface area contributed by atoms with Gasteiger partial charge >= 0.3 is 0 Å². The molecule has 2 heteroatoms.